The Morgan fingerprint density at radius 2 is 1.73 bits per heavy atom. The van der Waals surface area contributed by atoms with Crippen molar-refractivity contribution in [2.45, 2.75) is 26.7 Å². The molecule has 1 heterocycles. The lowest BCUT2D eigenvalue weighted by molar-refractivity contribution is -0.130. The summed E-state index contributed by atoms with van der Waals surface area (Å²) in [6, 6.07) is 6.14. The van der Waals surface area contributed by atoms with Crippen LogP contribution in [-0.4, -0.2) is 55.1 Å². The number of rotatable bonds is 2. The molecule has 5 heteroatoms. The van der Waals surface area contributed by atoms with Crippen LogP contribution in [0.3, 0.4) is 0 Å². The third-order valence-corrected chi connectivity index (χ3v) is 4.21. The van der Waals surface area contributed by atoms with Crippen molar-refractivity contribution in [1.82, 2.24) is 9.80 Å². The van der Waals surface area contributed by atoms with Crippen LogP contribution in [0.25, 0.3) is 0 Å². The average molecular weight is 304 g/mol. The molecule has 0 atom stereocenters. The second kappa shape index (κ2) is 7.29. The maximum absolute atomic E-state index is 12.5. The van der Waals surface area contributed by atoms with Crippen LogP contribution in [0.2, 0.25) is 0 Å². The van der Waals surface area contributed by atoms with E-state index in [1.54, 1.807) is 4.90 Å². The van der Waals surface area contributed by atoms with E-state index in [2.05, 4.69) is 26.0 Å². The lowest BCUT2D eigenvalue weighted by Crippen LogP contribution is -2.37. The average Bonchev–Trinajstić information content (AvgIpc) is 2.76. The Morgan fingerprint density at radius 3 is 2.41 bits per heavy atom. The number of carbonyl (C=O) groups excluding carboxylic acids is 2. The SMILES string of the molecule is COC(=O)N1CCCN(C(=O)Cc2ccc(C)c(C)c2)CC1. The fraction of sp³-hybridized carbons (Fsp3) is 0.529. The van der Waals surface area contributed by atoms with E-state index in [0.29, 0.717) is 32.6 Å². The predicted octanol–water partition coefficient (Wildman–Crippen LogP) is 2.15. The molecule has 22 heavy (non-hydrogen) atoms. The first-order valence-corrected chi connectivity index (χ1v) is 7.68. The number of amides is 2. The lowest BCUT2D eigenvalue weighted by atomic mass is 10.0. The molecule has 2 amide bonds. The molecule has 0 radical (unpaired) electrons. The van der Waals surface area contributed by atoms with Crippen LogP contribution in [0, 0.1) is 13.8 Å². The van der Waals surface area contributed by atoms with Crippen LogP contribution in [-0.2, 0) is 16.0 Å². The van der Waals surface area contributed by atoms with Gasteiger partial charge in [0.25, 0.3) is 0 Å². The molecule has 1 saturated heterocycles. The molecule has 1 fully saturated rings. The molecule has 0 spiro atoms. The highest BCUT2D eigenvalue weighted by atomic mass is 16.5. The molecule has 0 aliphatic carbocycles. The van der Waals surface area contributed by atoms with Gasteiger partial charge in [-0.1, -0.05) is 18.2 Å². The first-order chi connectivity index (χ1) is 10.5. The summed E-state index contributed by atoms with van der Waals surface area (Å²) in [5, 5.41) is 0. The molecule has 120 valence electrons. The molecule has 1 aliphatic rings. The lowest BCUT2D eigenvalue weighted by Gasteiger charge is -2.21. The molecule has 0 bridgehead atoms. The highest BCUT2D eigenvalue weighted by Gasteiger charge is 2.22. The van der Waals surface area contributed by atoms with Gasteiger partial charge in [-0.2, -0.15) is 0 Å². The third-order valence-electron chi connectivity index (χ3n) is 4.21. The number of nitrogens with zero attached hydrogens (tertiary/aromatic N) is 2. The minimum Gasteiger partial charge on any atom is -0.453 e. The fourth-order valence-electron chi connectivity index (χ4n) is 2.68. The zero-order valence-electron chi connectivity index (χ0n) is 13.6. The summed E-state index contributed by atoms with van der Waals surface area (Å²) < 4.78 is 4.74. The Kier molecular flexibility index (Phi) is 5.41. The van der Waals surface area contributed by atoms with Crippen molar-refractivity contribution in [1.29, 1.82) is 0 Å². The van der Waals surface area contributed by atoms with Crippen molar-refractivity contribution in [3.63, 3.8) is 0 Å². The van der Waals surface area contributed by atoms with Gasteiger partial charge < -0.3 is 14.5 Å². The highest BCUT2D eigenvalue weighted by Crippen LogP contribution is 2.12. The van der Waals surface area contributed by atoms with Gasteiger partial charge in [0.15, 0.2) is 0 Å². The fourth-order valence-corrected chi connectivity index (χ4v) is 2.68. The van der Waals surface area contributed by atoms with Crippen LogP contribution in [0.1, 0.15) is 23.1 Å². The van der Waals surface area contributed by atoms with E-state index in [-0.39, 0.29) is 12.0 Å². The van der Waals surface area contributed by atoms with Crippen molar-refractivity contribution < 1.29 is 14.3 Å². The first-order valence-electron chi connectivity index (χ1n) is 7.68. The van der Waals surface area contributed by atoms with Crippen LogP contribution < -0.4 is 0 Å². The summed E-state index contributed by atoms with van der Waals surface area (Å²) in [7, 11) is 1.38. The van der Waals surface area contributed by atoms with Gasteiger partial charge in [-0.25, -0.2) is 4.79 Å². The monoisotopic (exact) mass is 304 g/mol. The van der Waals surface area contributed by atoms with Gasteiger partial charge in [-0.15, -0.1) is 0 Å². The van der Waals surface area contributed by atoms with Crippen LogP contribution in [0.15, 0.2) is 18.2 Å². The van der Waals surface area contributed by atoms with Gasteiger partial charge in [0.1, 0.15) is 0 Å². The quantitative estimate of drug-likeness (QED) is 0.841. The van der Waals surface area contributed by atoms with Crippen molar-refractivity contribution in [2.75, 3.05) is 33.3 Å². The Balaban J connectivity index is 1.95. The van der Waals surface area contributed by atoms with E-state index in [1.807, 2.05) is 11.0 Å². The molecule has 0 saturated carbocycles. The number of hydrogen-bond donors (Lipinski definition) is 0. The van der Waals surface area contributed by atoms with Crippen LogP contribution >= 0.6 is 0 Å². The van der Waals surface area contributed by atoms with Gasteiger partial charge in [0.2, 0.25) is 5.91 Å². The van der Waals surface area contributed by atoms with Gasteiger partial charge in [-0.05, 0) is 37.0 Å². The second-order valence-electron chi connectivity index (χ2n) is 5.79. The van der Waals surface area contributed by atoms with Crippen LogP contribution in [0.5, 0.6) is 0 Å². The Hall–Kier alpha value is -2.04. The highest BCUT2D eigenvalue weighted by molar-refractivity contribution is 5.79. The molecule has 5 nitrogen and oxygen atoms in total. The minimum atomic E-state index is -0.316. The van der Waals surface area contributed by atoms with E-state index >= 15 is 0 Å². The van der Waals surface area contributed by atoms with Crippen molar-refractivity contribution >= 4 is 12.0 Å². The van der Waals surface area contributed by atoms with Gasteiger partial charge in [-0.3, -0.25) is 4.79 Å². The zero-order chi connectivity index (χ0) is 16.1. The summed E-state index contributed by atoms with van der Waals surface area (Å²) in [5.41, 5.74) is 3.49. The molecule has 2 rings (SSSR count). The normalized spacial score (nSPS) is 15.4. The maximum atomic E-state index is 12.5. The van der Waals surface area contributed by atoms with E-state index in [4.69, 9.17) is 4.74 Å². The standard InChI is InChI=1S/C17H24N2O3/c1-13-5-6-15(11-14(13)2)12-16(20)18-7-4-8-19(10-9-18)17(21)22-3/h5-6,11H,4,7-10,12H2,1-3H3. The van der Waals surface area contributed by atoms with E-state index in [9.17, 15) is 9.59 Å². The molecule has 1 aromatic rings. The molecule has 0 N–H and O–H groups in total. The largest absolute Gasteiger partial charge is 0.453 e. The van der Waals surface area contributed by atoms with Crippen LogP contribution in [0.4, 0.5) is 4.79 Å². The predicted molar refractivity (Wildman–Crippen MR) is 84.8 cm³/mol. The van der Waals surface area contributed by atoms with Gasteiger partial charge >= 0.3 is 6.09 Å². The summed E-state index contributed by atoms with van der Waals surface area (Å²) >= 11 is 0. The third kappa shape index (κ3) is 4.00. The second-order valence-corrected chi connectivity index (χ2v) is 5.79. The van der Waals surface area contributed by atoms with Gasteiger partial charge in [0.05, 0.1) is 13.5 Å². The van der Waals surface area contributed by atoms with E-state index in [0.717, 1.165) is 12.0 Å². The smallest absolute Gasteiger partial charge is 0.409 e. The Bertz CT molecular complexity index is 557. The van der Waals surface area contributed by atoms with Crippen molar-refractivity contribution in [2.24, 2.45) is 0 Å². The molecular formula is C17H24N2O3. The molecule has 0 unspecified atom stereocenters. The van der Waals surface area contributed by atoms with E-state index in [1.165, 1.54) is 18.2 Å². The van der Waals surface area contributed by atoms with E-state index < -0.39 is 0 Å². The van der Waals surface area contributed by atoms with Crippen molar-refractivity contribution in [3.05, 3.63) is 34.9 Å². The number of ether oxygens (including phenoxy) is 1. The minimum absolute atomic E-state index is 0.120. The summed E-state index contributed by atoms with van der Waals surface area (Å²) in [6.45, 7) is 6.56. The number of hydrogen-bond acceptors (Lipinski definition) is 3. The summed E-state index contributed by atoms with van der Waals surface area (Å²) in [4.78, 5) is 27.5. The summed E-state index contributed by atoms with van der Waals surface area (Å²) in [6.07, 6.45) is 0.885. The number of benzene rings is 1. The van der Waals surface area contributed by atoms with Gasteiger partial charge in [0, 0.05) is 26.2 Å². The number of aryl methyl sites for hydroxylation is 2. The Morgan fingerprint density at radius 1 is 1.05 bits per heavy atom. The Labute approximate surface area is 131 Å². The first kappa shape index (κ1) is 16.3. The number of carbonyl (C=O) groups is 2. The zero-order valence-corrected chi connectivity index (χ0v) is 13.6. The molecule has 1 aromatic carbocycles. The topological polar surface area (TPSA) is 49.9 Å². The van der Waals surface area contributed by atoms with Crippen molar-refractivity contribution in [3.8, 4) is 0 Å². The number of methoxy groups -OCH3 is 1. The maximum Gasteiger partial charge on any atom is 0.409 e. The molecular weight excluding hydrogens is 280 g/mol. The molecule has 0 aromatic heterocycles. The summed E-state index contributed by atoms with van der Waals surface area (Å²) in [5.74, 6) is 0.120. The molecule has 1 aliphatic heterocycles.